The predicted octanol–water partition coefficient (Wildman–Crippen LogP) is 2.84. The van der Waals surface area contributed by atoms with Crippen molar-refractivity contribution in [1.29, 1.82) is 0 Å². The lowest BCUT2D eigenvalue weighted by atomic mass is 9.82. The van der Waals surface area contributed by atoms with Gasteiger partial charge >= 0.3 is 0 Å². The molecule has 34 heavy (non-hydrogen) atoms. The van der Waals surface area contributed by atoms with Crippen LogP contribution in [-0.4, -0.2) is 61.0 Å². The molecule has 8 nitrogen and oxygen atoms in total. The van der Waals surface area contributed by atoms with Crippen LogP contribution in [0.3, 0.4) is 0 Å². The number of carbonyl (C=O) groups is 3. The summed E-state index contributed by atoms with van der Waals surface area (Å²) in [6, 6.07) is 13.4. The molecular weight excluding hydrogens is 436 g/mol. The summed E-state index contributed by atoms with van der Waals surface area (Å²) in [5.41, 5.74) is -0.782. The summed E-state index contributed by atoms with van der Waals surface area (Å²) in [6.45, 7) is 6.33. The third-order valence-electron chi connectivity index (χ3n) is 6.08. The number of rotatable bonds is 8. The van der Waals surface area contributed by atoms with Crippen LogP contribution in [0.1, 0.15) is 18.1 Å². The number of likely N-dealkylation sites (tertiary alicyclic amines) is 1. The third-order valence-corrected chi connectivity index (χ3v) is 6.08. The van der Waals surface area contributed by atoms with Crippen molar-refractivity contribution >= 4 is 29.0 Å². The number of anilines is 1. The number of aliphatic hydroxyl groups is 1. The summed E-state index contributed by atoms with van der Waals surface area (Å²) in [5.74, 6) is -2.13. The zero-order valence-corrected chi connectivity index (χ0v) is 19.1. The molecule has 2 amide bonds. The topological polar surface area (TPSA) is 96.4 Å². The normalized spacial score (nSPS) is 20.8. The zero-order chi connectivity index (χ0) is 24.5. The molecule has 1 unspecified atom stereocenters. The first kappa shape index (κ1) is 23.3. The van der Waals surface area contributed by atoms with E-state index in [9.17, 15) is 19.5 Å². The number of fused-ring (bicyclic) bond motifs is 2. The molecular formula is C26H26N2O6. The van der Waals surface area contributed by atoms with Crippen LogP contribution in [0.15, 0.2) is 66.8 Å². The molecule has 2 heterocycles. The second-order valence-corrected chi connectivity index (χ2v) is 7.89. The molecule has 2 aliphatic rings. The molecule has 2 aromatic rings. The van der Waals surface area contributed by atoms with Crippen LogP contribution in [0.4, 0.5) is 5.69 Å². The Morgan fingerprint density at radius 3 is 2.47 bits per heavy atom. The van der Waals surface area contributed by atoms with E-state index in [4.69, 9.17) is 9.47 Å². The number of aliphatic hydroxyl groups excluding tert-OH is 1. The van der Waals surface area contributed by atoms with Crippen LogP contribution in [0, 0.1) is 0 Å². The molecule has 1 N–H and O–H groups in total. The van der Waals surface area contributed by atoms with Gasteiger partial charge in [0.2, 0.25) is 0 Å². The number of Topliss-reactive ketones (excluding diaryl/α,β-unsaturated/α-hetero) is 1. The fourth-order valence-corrected chi connectivity index (χ4v) is 4.68. The largest absolute Gasteiger partial charge is 0.507 e. The van der Waals surface area contributed by atoms with Gasteiger partial charge in [-0.15, -0.1) is 6.58 Å². The fraction of sp³-hybridized carbons (Fsp3) is 0.269. The molecule has 0 aromatic heterocycles. The maximum atomic E-state index is 14.1. The third kappa shape index (κ3) is 3.30. The van der Waals surface area contributed by atoms with Gasteiger partial charge in [0.1, 0.15) is 11.5 Å². The highest BCUT2D eigenvalue weighted by atomic mass is 16.5. The standard InChI is InChI=1S/C26H26N2O6/c1-4-14-27-20-9-7-6-8-19(20)26(25(27)32)21(23(30)24(31)28(26)15-16-33-3)22(29)17-10-12-18(13-11-17)34-5-2/h4,6-13,29H,1,5,14-16H2,2-3H3. The second kappa shape index (κ2) is 9.15. The van der Waals surface area contributed by atoms with Crippen molar-refractivity contribution in [3.05, 3.63) is 77.9 Å². The molecule has 1 spiro atoms. The van der Waals surface area contributed by atoms with Gasteiger partial charge in [0.25, 0.3) is 17.6 Å². The summed E-state index contributed by atoms with van der Waals surface area (Å²) in [7, 11) is 1.47. The minimum absolute atomic E-state index is 0.0108. The molecule has 0 saturated carbocycles. The maximum Gasteiger partial charge on any atom is 0.296 e. The summed E-state index contributed by atoms with van der Waals surface area (Å²) in [5, 5.41) is 11.4. The smallest absolute Gasteiger partial charge is 0.296 e. The van der Waals surface area contributed by atoms with Crippen molar-refractivity contribution in [1.82, 2.24) is 4.90 Å². The number of hydrogen-bond donors (Lipinski definition) is 1. The van der Waals surface area contributed by atoms with Gasteiger partial charge in [-0.3, -0.25) is 14.4 Å². The summed E-state index contributed by atoms with van der Waals surface area (Å²) < 4.78 is 10.6. The van der Waals surface area contributed by atoms with Crippen LogP contribution >= 0.6 is 0 Å². The van der Waals surface area contributed by atoms with E-state index in [1.807, 2.05) is 6.92 Å². The summed E-state index contributed by atoms with van der Waals surface area (Å²) in [4.78, 5) is 43.4. The van der Waals surface area contributed by atoms with Gasteiger partial charge in [0, 0.05) is 31.3 Å². The minimum atomic E-state index is -1.81. The highest BCUT2D eigenvalue weighted by Crippen LogP contribution is 2.53. The first-order valence-electron chi connectivity index (χ1n) is 11.0. The van der Waals surface area contributed by atoms with Gasteiger partial charge < -0.3 is 24.4 Å². The van der Waals surface area contributed by atoms with E-state index < -0.39 is 28.9 Å². The van der Waals surface area contributed by atoms with Crippen molar-refractivity contribution in [2.75, 3.05) is 38.3 Å². The molecule has 0 bridgehead atoms. The molecule has 2 aromatic carbocycles. The molecule has 0 radical (unpaired) electrons. The number of ketones is 1. The molecule has 1 fully saturated rings. The Bertz CT molecular complexity index is 1190. The Morgan fingerprint density at radius 1 is 1.12 bits per heavy atom. The number of hydrogen-bond acceptors (Lipinski definition) is 6. The maximum absolute atomic E-state index is 14.1. The van der Waals surface area contributed by atoms with E-state index in [1.165, 1.54) is 16.9 Å². The van der Waals surface area contributed by atoms with Crippen molar-refractivity contribution in [2.45, 2.75) is 12.5 Å². The van der Waals surface area contributed by atoms with Crippen molar-refractivity contribution < 1.29 is 29.0 Å². The summed E-state index contributed by atoms with van der Waals surface area (Å²) in [6.07, 6.45) is 1.57. The van der Waals surface area contributed by atoms with Crippen LogP contribution in [-0.2, 0) is 24.7 Å². The molecule has 1 atom stereocenters. The van der Waals surface area contributed by atoms with Crippen LogP contribution in [0.5, 0.6) is 5.75 Å². The van der Waals surface area contributed by atoms with Crippen LogP contribution < -0.4 is 9.64 Å². The number of nitrogens with zero attached hydrogens (tertiary/aromatic N) is 2. The number of ether oxygens (including phenoxy) is 2. The van der Waals surface area contributed by atoms with Crippen molar-refractivity contribution in [3.8, 4) is 5.75 Å². The molecule has 2 aliphatic heterocycles. The SMILES string of the molecule is C=CCN1C(=O)C2(C(=C(O)c3ccc(OCC)cc3)C(=O)C(=O)N2CCOC)c2ccccc21. The van der Waals surface area contributed by atoms with Gasteiger partial charge in [-0.25, -0.2) is 0 Å². The Morgan fingerprint density at radius 2 is 1.82 bits per heavy atom. The number of methoxy groups -OCH3 is 1. The lowest BCUT2D eigenvalue weighted by Crippen LogP contribution is -2.52. The fourth-order valence-electron chi connectivity index (χ4n) is 4.68. The van der Waals surface area contributed by atoms with Crippen molar-refractivity contribution in [2.24, 2.45) is 0 Å². The number of amides is 2. The molecule has 4 rings (SSSR count). The molecule has 8 heteroatoms. The second-order valence-electron chi connectivity index (χ2n) is 7.89. The molecule has 0 aliphatic carbocycles. The average molecular weight is 463 g/mol. The first-order chi connectivity index (χ1) is 16.4. The first-order valence-corrected chi connectivity index (χ1v) is 11.0. The van der Waals surface area contributed by atoms with E-state index in [0.717, 1.165) is 0 Å². The lowest BCUT2D eigenvalue weighted by Gasteiger charge is -2.34. The Balaban J connectivity index is 2.00. The van der Waals surface area contributed by atoms with E-state index in [2.05, 4.69) is 6.58 Å². The predicted molar refractivity (Wildman–Crippen MR) is 126 cm³/mol. The van der Waals surface area contributed by atoms with Crippen molar-refractivity contribution in [3.63, 3.8) is 0 Å². The highest BCUT2D eigenvalue weighted by molar-refractivity contribution is 6.50. The van der Waals surface area contributed by atoms with Gasteiger partial charge in [0.05, 0.1) is 24.5 Å². The monoisotopic (exact) mass is 462 g/mol. The van der Waals surface area contributed by atoms with Gasteiger partial charge in [-0.1, -0.05) is 24.3 Å². The van der Waals surface area contributed by atoms with Crippen LogP contribution in [0.2, 0.25) is 0 Å². The quantitative estimate of drug-likeness (QED) is 0.281. The van der Waals surface area contributed by atoms with E-state index in [0.29, 0.717) is 29.2 Å². The van der Waals surface area contributed by atoms with E-state index in [-0.39, 0.29) is 25.3 Å². The summed E-state index contributed by atoms with van der Waals surface area (Å²) >= 11 is 0. The average Bonchev–Trinajstić information content (AvgIpc) is 3.22. The molecule has 176 valence electrons. The Kier molecular flexibility index (Phi) is 6.26. The van der Waals surface area contributed by atoms with Crippen LogP contribution in [0.25, 0.3) is 5.76 Å². The zero-order valence-electron chi connectivity index (χ0n) is 19.1. The van der Waals surface area contributed by atoms with Gasteiger partial charge in [-0.2, -0.15) is 0 Å². The number of carbonyl (C=O) groups excluding carboxylic acids is 3. The minimum Gasteiger partial charge on any atom is -0.507 e. The van der Waals surface area contributed by atoms with Gasteiger partial charge in [0.15, 0.2) is 5.54 Å². The lowest BCUT2D eigenvalue weighted by molar-refractivity contribution is -0.144. The highest BCUT2D eigenvalue weighted by Gasteiger charge is 2.66. The Hall–Kier alpha value is -3.91. The van der Waals surface area contributed by atoms with Gasteiger partial charge in [-0.05, 0) is 37.3 Å². The van der Waals surface area contributed by atoms with E-state index >= 15 is 0 Å². The Labute approximate surface area is 197 Å². The number of para-hydroxylation sites is 1. The number of benzene rings is 2. The van der Waals surface area contributed by atoms with E-state index in [1.54, 1.807) is 54.6 Å². The molecule has 1 saturated heterocycles.